The minimum atomic E-state index is 0.418. The second-order valence-electron chi connectivity index (χ2n) is 2.71. The van der Waals surface area contributed by atoms with Crippen molar-refractivity contribution in [2.75, 3.05) is 0 Å². The third kappa shape index (κ3) is 1.92. The zero-order valence-electron chi connectivity index (χ0n) is 7.84. The van der Waals surface area contributed by atoms with Gasteiger partial charge in [-0.25, -0.2) is 0 Å². The van der Waals surface area contributed by atoms with Crippen molar-refractivity contribution in [3.8, 4) is 6.07 Å². The summed E-state index contributed by atoms with van der Waals surface area (Å²) in [5.74, 6) is 0. The predicted molar refractivity (Wildman–Crippen MR) is 54.3 cm³/mol. The highest BCUT2D eigenvalue weighted by molar-refractivity contribution is 9.10. The number of aryl methyl sites for hydroxylation is 2. The Bertz CT molecular complexity index is 335. The van der Waals surface area contributed by atoms with Gasteiger partial charge in [0, 0.05) is 6.54 Å². The Morgan fingerprint density at radius 1 is 1.54 bits per heavy atom. The number of hydrogen-bond donors (Lipinski definition) is 0. The largest absolute Gasteiger partial charge is 0.267 e. The van der Waals surface area contributed by atoms with E-state index in [4.69, 9.17) is 5.26 Å². The zero-order chi connectivity index (χ0) is 9.84. The van der Waals surface area contributed by atoms with Crippen LogP contribution in [0.1, 0.15) is 25.2 Å². The van der Waals surface area contributed by atoms with E-state index in [1.54, 1.807) is 0 Å². The molecule has 0 saturated heterocycles. The quantitative estimate of drug-likeness (QED) is 0.815. The van der Waals surface area contributed by atoms with E-state index in [-0.39, 0.29) is 0 Å². The molecule has 0 atom stereocenters. The van der Waals surface area contributed by atoms with Crippen LogP contribution in [-0.2, 0) is 19.4 Å². The van der Waals surface area contributed by atoms with E-state index in [0.717, 1.165) is 28.8 Å². The van der Waals surface area contributed by atoms with Crippen molar-refractivity contribution < 1.29 is 0 Å². The minimum Gasteiger partial charge on any atom is -0.267 e. The summed E-state index contributed by atoms with van der Waals surface area (Å²) in [6, 6.07) is 2.15. The van der Waals surface area contributed by atoms with E-state index in [0.29, 0.717) is 6.42 Å². The first kappa shape index (κ1) is 10.3. The van der Waals surface area contributed by atoms with E-state index in [1.165, 1.54) is 0 Å². The maximum absolute atomic E-state index is 8.63. The van der Waals surface area contributed by atoms with E-state index >= 15 is 0 Å². The Kier molecular flexibility index (Phi) is 3.49. The molecule has 0 saturated carbocycles. The summed E-state index contributed by atoms with van der Waals surface area (Å²) in [6.07, 6.45) is 1.31. The van der Waals surface area contributed by atoms with Gasteiger partial charge in [0.15, 0.2) is 0 Å². The van der Waals surface area contributed by atoms with Crippen LogP contribution < -0.4 is 0 Å². The Labute approximate surface area is 86.5 Å². The van der Waals surface area contributed by atoms with Gasteiger partial charge in [0.2, 0.25) is 0 Å². The molecule has 13 heavy (non-hydrogen) atoms. The number of nitrogens with zero attached hydrogens (tertiary/aromatic N) is 3. The van der Waals surface area contributed by atoms with Crippen LogP contribution in [0.2, 0.25) is 0 Å². The fraction of sp³-hybridized carbons (Fsp3) is 0.556. The molecule has 1 heterocycles. The van der Waals surface area contributed by atoms with E-state index in [1.807, 2.05) is 11.6 Å². The Morgan fingerprint density at radius 3 is 2.69 bits per heavy atom. The average molecular weight is 242 g/mol. The lowest BCUT2D eigenvalue weighted by atomic mass is 10.2. The summed E-state index contributed by atoms with van der Waals surface area (Å²) in [7, 11) is 0. The van der Waals surface area contributed by atoms with Crippen LogP contribution in [0.4, 0.5) is 0 Å². The van der Waals surface area contributed by atoms with Gasteiger partial charge in [-0.2, -0.15) is 10.4 Å². The molecule has 0 radical (unpaired) electrons. The normalized spacial score (nSPS) is 10.0. The fourth-order valence-corrected chi connectivity index (χ4v) is 1.97. The molecule has 0 bridgehead atoms. The highest BCUT2D eigenvalue weighted by atomic mass is 79.9. The highest BCUT2D eigenvalue weighted by Gasteiger charge is 2.12. The van der Waals surface area contributed by atoms with Crippen LogP contribution in [0, 0.1) is 11.3 Å². The molecule has 3 nitrogen and oxygen atoms in total. The Morgan fingerprint density at radius 2 is 2.23 bits per heavy atom. The molecule has 0 unspecified atom stereocenters. The van der Waals surface area contributed by atoms with Crippen molar-refractivity contribution in [3.63, 3.8) is 0 Å². The van der Waals surface area contributed by atoms with Gasteiger partial charge in [0.25, 0.3) is 0 Å². The van der Waals surface area contributed by atoms with Crippen molar-refractivity contribution in [1.82, 2.24) is 9.78 Å². The van der Waals surface area contributed by atoms with Gasteiger partial charge in [-0.15, -0.1) is 0 Å². The fourth-order valence-electron chi connectivity index (χ4n) is 1.26. The second kappa shape index (κ2) is 4.43. The highest BCUT2D eigenvalue weighted by Crippen LogP contribution is 2.22. The molecule has 70 valence electrons. The summed E-state index contributed by atoms with van der Waals surface area (Å²) >= 11 is 3.47. The van der Waals surface area contributed by atoms with E-state index in [2.05, 4.69) is 34.0 Å². The smallest absolute Gasteiger partial charge is 0.0783 e. The minimum absolute atomic E-state index is 0.418. The topological polar surface area (TPSA) is 41.6 Å². The van der Waals surface area contributed by atoms with Gasteiger partial charge in [0.1, 0.15) is 0 Å². The SMILES string of the molecule is CCc1nn(CC)c(CC#N)c1Br. The molecule has 0 aliphatic heterocycles. The third-order valence-electron chi connectivity index (χ3n) is 1.94. The van der Waals surface area contributed by atoms with Crippen molar-refractivity contribution in [3.05, 3.63) is 15.9 Å². The summed E-state index contributed by atoms with van der Waals surface area (Å²) in [5.41, 5.74) is 2.02. The van der Waals surface area contributed by atoms with Crippen LogP contribution in [0.15, 0.2) is 4.47 Å². The lowest BCUT2D eigenvalue weighted by Gasteiger charge is -1.99. The molecule has 4 heteroatoms. The van der Waals surface area contributed by atoms with Crippen molar-refractivity contribution >= 4 is 15.9 Å². The van der Waals surface area contributed by atoms with Gasteiger partial charge < -0.3 is 0 Å². The lowest BCUT2D eigenvalue weighted by molar-refractivity contribution is 0.623. The molecule has 0 amide bonds. The first-order valence-corrected chi connectivity index (χ1v) is 5.14. The van der Waals surface area contributed by atoms with Crippen LogP contribution >= 0.6 is 15.9 Å². The average Bonchev–Trinajstić information content (AvgIpc) is 2.45. The predicted octanol–water partition coefficient (Wildman–Crippen LogP) is 2.29. The molecular formula is C9H12BrN3. The van der Waals surface area contributed by atoms with Gasteiger partial charge >= 0.3 is 0 Å². The maximum Gasteiger partial charge on any atom is 0.0783 e. The van der Waals surface area contributed by atoms with Crippen molar-refractivity contribution in [2.24, 2.45) is 0 Å². The zero-order valence-corrected chi connectivity index (χ0v) is 9.43. The summed E-state index contributed by atoms with van der Waals surface area (Å²) in [4.78, 5) is 0. The van der Waals surface area contributed by atoms with Crippen LogP contribution in [0.3, 0.4) is 0 Å². The maximum atomic E-state index is 8.63. The molecular weight excluding hydrogens is 230 g/mol. The van der Waals surface area contributed by atoms with Gasteiger partial charge in [-0.05, 0) is 29.3 Å². The number of halogens is 1. The number of aromatic nitrogens is 2. The van der Waals surface area contributed by atoms with Crippen molar-refractivity contribution in [2.45, 2.75) is 33.2 Å². The van der Waals surface area contributed by atoms with E-state index in [9.17, 15) is 0 Å². The standard InChI is InChI=1S/C9H12BrN3/c1-3-7-9(10)8(5-6-11)13(4-2)12-7/h3-5H2,1-2H3. The molecule has 1 rings (SSSR count). The van der Waals surface area contributed by atoms with Gasteiger partial charge in [0.05, 0.1) is 28.4 Å². The summed E-state index contributed by atoms with van der Waals surface area (Å²) in [6.45, 7) is 4.90. The molecule has 0 aliphatic rings. The molecule has 0 aliphatic carbocycles. The molecule has 1 aromatic heterocycles. The van der Waals surface area contributed by atoms with Crippen LogP contribution in [0.5, 0.6) is 0 Å². The Hall–Kier alpha value is -0.820. The molecule has 1 aromatic rings. The molecule has 0 aromatic carbocycles. The van der Waals surface area contributed by atoms with Crippen molar-refractivity contribution in [1.29, 1.82) is 5.26 Å². The summed E-state index contributed by atoms with van der Waals surface area (Å²) < 4.78 is 2.88. The Balaban J connectivity index is 3.14. The van der Waals surface area contributed by atoms with Crippen LogP contribution in [0.25, 0.3) is 0 Å². The van der Waals surface area contributed by atoms with Gasteiger partial charge in [-0.3, -0.25) is 4.68 Å². The third-order valence-corrected chi connectivity index (χ3v) is 2.86. The first-order chi connectivity index (χ1) is 6.24. The van der Waals surface area contributed by atoms with E-state index < -0.39 is 0 Å². The number of hydrogen-bond acceptors (Lipinski definition) is 2. The second-order valence-corrected chi connectivity index (χ2v) is 3.50. The number of rotatable bonds is 3. The molecule has 0 N–H and O–H groups in total. The molecule has 0 fully saturated rings. The van der Waals surface area contributed by atoms with Crippen LogP contribution in [-0.4, -0.2) is 9.78 Å². The lowest BCUT2D eigenvalue weighted by Crippen LogP contribution is -2.02. The number of nitriles is 1. The summed E-state index contributed by atoms with van der Waals surface area (Å²) in [5, 5.41) is 13.0. The van der Waals surface area contributed by atoms with Gasteiger partial charge in [-0.1, -0.05) is 6.92 Å². The molecule has 0 spiro atoms. The monoisotopic (exact) mass is 241 g/mol. The first-order valence-electron chi connectivity index (χ1n) is 4.35.